The molecule has 0 fully saturated rings. The van der Waals surface area contributed by atoms with Gasteiger partial charge in [-0.2, -0.15) is 0 Å². The van der Waals surface area contributed by atoms with Gasteiger partial charge in [-0.1, -0.05) is 107 Å². The molecule has 0 heterocycles. The lowest BCUT2D eigenvalue weighted by molar-refractivity contribution is 0.589. The first kappa shape index (κ1) is 17.8. The SMILES string of the molecule is CCCCCCCCCc1ccc(C(C)c2ccccc2)cc1. The summed E-state index contributed by atoms with van der Waals surface area (Å²) in [7, 11) is 0. The van der Waals surface area contributed by atoms with Gasteiger partial charge in [-0.25, -0.2) is 0 Å². The van der Waals surface area contributed by atoms with Crippen molar-refractivity contribution in [3.63, 3.8) is 0 Å². The van der Waals surface area contributed by atoms with Crippen molar-refractivity contribution in [1.29, 1.82) is 0 Å². The smallest absolute Gasteiger partial charge is 0.00610 e. The van der Waals surface area contributed by atoms with Crippen molar-refractivity contribution in [2.24, 2.45) is 0 Å². The molecule has 0 aliphatic carbocycles. The third-order valence-electron chi connectivity index (χ3n) is 4.85. The fourth-order valence-corrected chi connectivity index (χ4v) is 3.19. The number of rotatable bonds is 10. The molecule has 0 saturated heterocycles. The van der Waals surface area contributed by atoms with Crippen LogP contribution >= 0.6 is 0 Å². The Balaban J connectivity index is 1.74. The van der Waals surface area contributed by atoms with Gasteiger partial charge in [-0.05, 0) is 29.5 Å². The summed E-state index contributed by atoms with van der Waals surface area (Å²) < 4.78 is 0. The molecule has 124 valence electrons. The Morgan fingerprint density at radius 1 is 0.652 bits per heavy atom. The number of unbranched alkanes of at least 4 members (excludes halogenated alkanes) is 6. The van der Waals surface area contributed by atoms with Gasteiger partial charge >= 0.3 is 0 Å². The Kier molecular flexibility index (Phi) is 7.93. The molecule has 0 saturated carbocycles. The lowest BCUT2D eigenvalue weighted by atomic mass is 9.92. The van der Waals surface area contributed by atoms with E-state index in [9.17, 15) is 0 Å². The van der Waals surface area contributed by atoms with E-state index in [1.807, 2.05) is 0 Å². The number of hydrogen-bond acceptors (Lipinski definition) is 0. The van der Waals surface area contributed by atoms with Gasteiger partial charge in [0.2, 0.25) is 0 Å². The van der Waals surface area contributed by atoms with Gasteiger partial charge in [-0.3, -0.25) is 0 Å². The summed E-state index contributed by atoms with van der Waals surface area (Å²) in [4.78, 5) is 0. The minimum Gasteiger partial charge on any atom is -0.0654 e. The van der Waals surface area contributed by atoms with E-state index in [0.29, 0.717) is 5.92 Å². The predicted octanol–water partition coefficient (Wildman–Crippen LogP) is 7.13. The Labute approximate surface area is 143 Å². The van der Waals surface area contributed by atoms with Crippen molar-refractivity contribution in [3.05, 3.63) is 71.3 Å². The van der Waals surface area contributed by atoms with Crippen LogP contribution in [0.25, 0.3) is 0 Å². The zero-order chi connectivity index (χ0) is 16.3. The molecule has 0 aliphatic rings. The molecule has 0 aromatic heterocycles. The van der Waals surface area contributed by atoms with Crippen LogP contribution in [-0.4, -0.2) is 0 Å². The van der Waals surface area contributed by atoms with Gasteiger partial charge in [-0.15, -0.1) is 0 Å². The summed E-state index contributed by atoms with van der Waals surface area (Å²) in [6.07, 6.45) is 10.9. The average Bonchev–Trinajstić information content (AvgIpc) is 2.61. The number of aryl methyl sites for hydroxylation is 1. The van der Waals surface area contributed by atoms with Crippen molar-refractivity contribution < 1.29 is 0 Å². The highest BCUT2D eigenvalue weighted by atomic mass is 14.1. The summed E-state index contributed by atoms with van der Waals surface area (Å²) in [6, 6.07) is 20.1. The molecule has 2 aromatic rings. The molecule has 0 nitrogen and oxygen atoms in total. The Morgan fingerprint density at radius 3 is 1.87 bits per heavy atom. The van der Waals surface area contributed by atoms with Crippen molar-refractivity contribution in [3.8, 4) is 0 Å². The summed E-state index contributed by atoms with van der Waals surface area (Å²) in [5.74, 6) is 0.476. The van der Waals surface area contributed by atoms with Gasteiger partial charge in [0, 0.05) is 5.92 Å². The molecule has 1 unspecified atom stereocenters. The van der Waals surface area contributed by atoms with E-state index in [2.05, 4.69) is 68.4 Å². The molecular weight excluding hydrogens is 276 g/mol. The van der Waals surface area contributed by atoms with Crippen molar-refractivity contribution in [1.82, 2.24) is 0 Å². The lowest BCUT2D eigenvalue weighted by Crippen LogP contribution is -1.96. The second kappa shape index (κ2) is 10.3. The first-order valence-electron chi connectivity index (χ1n) is 9.45. The van der Waals surface area contributed by atoms with Crippen LogP contribution in [0.4, 0.5) is 0 Å². The van der Waals surface area contributed by atoms with E-state index >= 15 is 0 Å². The van der Waals surface area contributed by atoms with Crippen LogP contribution in [0.2, 0.25) is 0 Å². The fourth-order valence-electron chi connectivity index (χ4n) is 3.19. The quantitative estimate of drug-likeness (QED) is 0.409. The maximum atomic E-state index is 2.33. The maximum Gasteiger partial charge on any atom is 0.00610 e. The van der Waals surface area contributed by atoms with Crippen LogP contribution in [0.1, 0.15) is 81.4 Å². The highest BCUT2D eigenvalue weighted by Crippen LogP contribution is 2.24. The lowest BCUT2D eigenvalue weighted by Gasteiger charge is -2.13. The highest BCUT2D eigenvalue weighted by molar-refractivity contribution is 5.33. The van der Waals surface area contributed by atoms with E-state index in [1.54, 1.807) is 0 Å². The molecule has 0 heteroatoms. The summed E-state index contributed by atoms with van der Waals surface area (Å²) in [6.45, 7) is 4.57. The molecule has 0 aliphatic heterocycles. The molecule has 0 radical (unpaired) electrons. The predicted molar refractivity (Wildman–Crippen MR) is 102 cm³/mol. The summed E-state index contributed by atoms with van der Waals surface area (Å²) >= 11 is 0. The van der Waals surface area contributed by atoms with E-state index in [0.717, 1.165) is 0 Å². The van der Waals surface area contributed by atoms with Crippen LogP contribution in [0.15, 0.2) is 54.6 Å². The third-order valence-corrected chi connectivity index (χ3v) is 4.85. The number of benzene rings is 2. The highest BCUT2D eigenvalue weighted by Gasteiger charge is 2.07. The molecular formula is C23H32. The monoisotopic (exact) mass is 308 g/mol. The van der Waals surface area contributed by atoms with Gasteiger partial charge in [0.15, 0.2) is 0 Å². The van der Waals surface area contributed by atoms with Crippen LogP contribution in [0.5, 0.6) is 0 Å². The van der Waals surface area contributed by atoms with E-state index in [1.165, 1.54) is 68.1 Å². The van der Waals surface area contributed by atoms with Crippen LogP contribution in [-0.2, 0) is 6.42 Å². The minimum atomic E-state index is 0.476. The summed E-state index contributed by atoms with van der Waals surface area (Å²) in [5, 5.41) is 0. The Bertz CT molecular complexity index is 524. The molecule has 23 heavy (non-hydrogen) atoms. The van der Waals surface area contributed by atoms with Crippen LogP contribution < -0.4 is 0 Å². The standard InChI is InChI=1S/C23H32/c1-3-4-5-6-7-8-10-13-21-16-18-23(19-17-21)20(2)22-14-11-9-12-15-22/h9,11-12,14-20H,3-8,10,13H2,1-2H3. The first-order chi connectivity index (χ1) is 11.3. The zero-order valence-electron chi connectivity index (χ0n) is 14.9. The zero-order valence-corrected chi connectivity index (χ0v) is 14.9. The Hall–Kier alpha value is -1.56. The van der Waals surface area contributed by atoms with Crippen molar-refractivity contribution in [2.45, 2.75) is 71.1 Å². The second-order valence-corrected chi connectivity index (χ2v) is 6.75. The Morgan fingerprint density at radius 2 is 1.22 bits per heavy atom. The molecule has 0 spiro atoms. The molecule has 0 N–H and O–H groups in total. The molecule has 1 atom stereocenters. The van der Waals surface area contributed by atoms with E-state index in [4.69, 9.17) is 0 Å². The average molecular weight is 309 g/mol. The maximum absolute atomic E-state index is 2.33. The number of hydrogen-bond donors (Lipinski definition) is 0. The van der Waals surface area contributed by atoms with Crippen LogP contribution in [0.3, 0.4) is 0 Å². The van der Waals surface area contributed by atoms with Gasteiger partial charge < -0.3 is 0 Å². The normalized spacial score (nSPS) is 12.3. The molecule has 2 aromatic carbocycles. The minimum absolute atomic E-state index is 0.476. The second-order valence-electron chi connectivity index (χ2n) is 6.75. The van der Waals surface area contributed by atoms with Gasteiger partial charge in [0.1, 0.15) is 0 Å². The van der Waals surface area contributed by atoms with Gasteiger partial charge in [0.05, 0.1) is 0 Å². The molecule has 2 rings (SSSR count). The molecule has 0 bridgehead atoms. The van der Waals surface area contributed by atoms with E-state index in [-0.39, 0.29) is 0 Å². The van der Waals surface area contributed by atoms with Crippen molar-refractivity contribution in [2.75, 3.05) is 0 Å². The third kappa shape index (κ3) is 6.22. The fraction of sp³-hybridized carbons (Fsp3) is 0.478. The van der Waals surface area contributed by atoms with Gasteiger partial charge in [0.25, 0.3) is 0 Å². The topological polar surface area (TPSA) is 0 Å². The first-order valence-corrected chi connectivity index (χ1v) is 9.45. The largest absolute Gasteiger partial charge is 0.0654 e. The van der Waals surface area contributed by atoms with Crippen molar-refractivity contribution >= 4 is 0 Å². The molecule has 0 amide bonds. The van der Waals surface area contributed by atoms with E-state index < -0.39 is 0 Å². The summed E-state index contributed by atoms with van der Waals surface area (Å²) in [5.41, 5.74) is 4.30. The van der Waals surface area contributed by atoms with Crippen LogP contribution in [0, 0.1) is 0 Å².